The zero-order valence-corrected chi connectivity index (χ0v) is 15.6. The summed E-state index contributed by atoms with van der Waals surface area (Å²) in [5.41, 5.74) is 3.95. The monoisotopic (exact) mass is 369 g/mol. The molecule has 6 heteroatoms. The van der Waals surface area contributed by atoms with E-state index in [4.69, 9.17) is 4.74 Å². The van der Waals surface area contributed by atoms with Gasteiger partial charge in [-0.05, 0) is 42.1 Å². The van der Waals surface area contributed by atoms with E-state index in [1.807, 2.05) is 62.2 Å². The van der Waals surface area contributed by atoms with Crippen molar-refractivity contribution in [3.8, 4) is 17.0 Å². The van der Waals surface area contributed by atoms with E-state index in [2.05, 4.69) is 39.3 Å². The Morgan fingerprint density at radius 3 is 2.86 bits per heavy atom. The first-order valence-electron chi connectivity index (χ1n) is 9.15. The minimum Gasteiger partial charge on any atom is -0.486 e. The van der Waals surface area contributed by atoms with Gasteiger partial charge < -0.3 is 4.74 Å². The maximum absolute atomic E-state index is 6.30. The highest BCUT2D eigenvalue weighted by atomic mass is 16.5. The van der Waals surface area contributed by atoms with Crippen LogP contribution in [0.1, 0.15) is 18.6 Å². The minimum absolute atomic E-state index is 0.0997. The number of ether oxygens (including phenoxy) is 1. The summed E-state index contributed by atoms with van der Waals surface area (Å²) in [4.78, 5) is 4.21. The number of nitrogens with zero attached hydrogens (tertiary/aromatic N) is 4. The van der Waals surface area contributed by atoms with Gasteiger partial charge >= 0.3 is 0 Å². The number of hydrogen-bond donors (Lipinski definition) is 1. The lowest BCUT2D eigenvalue weighted by Gasteiger charge is -2.17. The van der Waals surface area contributed by atoms with E-state index in [0.717, 1.165) is 44.2 Å². The number of rotatable bonds is 4. The molecule has 0 spiro atoms. The van der Waals surface area contributed by atoms with Crippen LogP contribution in [-0.2, 0) is 7.05 Å². The number of H-pyrrole nitrogens is 1. The molecule has 0 fully saturated rings. The molecule has 0 amide bonds. The van der Waals surface area contributed by atoms with Gasteiger partial charge in [-0.2, -0.15) is 10.2 Å². The second kappa shape index (κ2) is 6.49. The van der Waals surface area contributed by atoms with Gasteiger partial charge in [0.15, 0.2) is 0 Å². The Bertz CT molecular complexity index is 1280. The third-order valence-electron chi connectivity index (χ3n) is 4.98. The van der Waals surface area contributed by atoms with Crippen LogP contribution in [0.25, 0.3) is 32.9 Å². The van der Waals surface area contributed by atoms with Crippen LogP contribution in [0.3, 0.4) is 0 Å². The number of aryl methyl sites for hydroxylation is 1. The van der Waals surface area contributed by atoms with Gasteiger partial charge in [0.05, 0.1) is 11.7 Å². The Labute approximate surface area is 161 Å². The zero-order valence-electron chi connectivity index (χ0n) is 15.6. The van der Waals surface area contributed by atoms with Crippen LogP contribution in [0.5, 0.6) is 5.75 Å². The molecule has 5 aromatic rings. The lowest BCUT2D eigenvalue weighted by Crippen LogP contribution is -2.03. The second-order valence-corrected chi connectivity index (χ2v) is 6.89. The molecule has 0 bridgehead atoms. The van der Waals surface area contributed by atoms with E-state index < -0.39 is 0 Å². The average Bonchev–Trinajstić information content (AvgIpc) is 3.33. The lowest BCUT2D eigenvalue weighted by molar-refractivity contribution is 0.229. The van der Waals surface area contributed by atoms with Crippen LogP contribution >= 0.6 is 0 Å². The van der Waals surface area contributed by atoms with Gasteiger partial charge in [0, 0.05) is 42.0 Å². The fourth-order valence-electron chi connectivity index (χ4n) is 3.60. The van der Waals surface area contributed by atoms with E-state index in [-0.39, 0.29) is 6.10 Å². The molecule has 28 heavy (non-hydrogen) atoms. The van der Waals surface area contributed by atoms with Crippen LogP contribution < -0.4 is 4.74 Å². The smallest absolute Gasteiger partial charge is 0.122 e. The van der Waals surface area contributed by atoms with E-state index >= 15 is 0 Å². The molecule has 0 radical (unpaired) electrons. The molecule has 5 rings (SSSR count). The Balaban J connectivity index is 1.51. The second-order valence-electron chi connectivity index (χ2n) is 6.89. The van der Waals surface area contributed by atoms with Crippen LogP contribution in [-0.4, -0.2) is 25.0 Å². The molecule has 138 valence electrons. The van der Waals surface area contributed by atoms with Crippen molar-refractivity contribution in [1.82, 2.24) is 25.0 Å². The van der Waals surface area contributed by atoms with Crippen LogP contribution in [0.2, 0.25) is 0 Å². The molecule has 1 N–H and O–H groups in total. The third-order valence-corrected chi connectivity index (χ3v) is 4.98. The highest BCUT2D eigenvalue weighted by Crippen LogP contribution is 2.32. The predicted octanol–water partition coefficient (Wildman–Crippen LogP) is 4.65. The number of fused-ring (bicyclic) bond motifs is 2. The van der Waals surface area contributed by atoms with Crippen molar-refractivity contribution in [3.63, 3.8) is 0 Å². The van der Waals surface area contributed by atoms with Crippen LogP contribution in [0.4, 0.5) is 0 Å². The Hall–Kier alpha value is -3.67. The largest absolute Gasteiger partial charge is 0.486 e. The first-order chi connectivity index (χ1) is 13.7. The van der Waals surface area contributed by atoms with Crippen molar-refractivity contribution < 1.29 is 4.74 Å². The molecular formula is C22H19N5O. The third kappa shape index (κ3) is 2.79. The fourth-order valence-corrected chi connectivity index (χ4v) is 3.60. The molecule has 1 atom stereocenters. The maximum atomic E-state index is 6.30. The van der Waals surface area contributed by atoms with Gasteiger partial charge in [-0.3, -0.25) is 14.8 Å². The first kappa shape index (κ1) is 16.5. The first-order valence-corrected chi connectivity index (χ1v) is 9.15. The predicted molar refractivity (Wildman–Crippen MR) is 109 cm³/mol. The molecule has 1 unspecified atom stereocenters. The summed E-state index contributed by atoms with van der Waals surface area (Å²) in [7, 11) is 1.90. The Morgan fingerprint density at radius 2 is 2.00 bits per heavy atom. The molecule has 6 nitrogen and oxygen atoms in total. The standard InChI is InChI=1S/C22H19N5O/c1-14(18-5-3-4-15-11-23-9-8-19(15)18)28-17-6-7-21-20(10-17)22(26-25-21)16-12-24-27(2)13-16/h3-14H,1-2H3,(H,25,26). The highest BCUT2D eigenvalue weighted by Gasteiger charge is 2.14. The summed E-state index contributed by atoms with van der Waals surface area (Å²) >= 11 is 0. The van der Waals surface area contributed by atoms with Crippen molar-refractivity contribution in [2.45, 2.75) is 13.0 Å². The molecular weight excluding hydrogens is 350 g/mol. The Kier molecular flexibility index (Phi) is 3.83. The summed E-state index contributed by atoms with van der Waals surface area (Å²) in [5, 5.41) is 15.1. The van der Waals surface area contributed by atoms with Crippen molar-refractivity contribution in [1.29, 1.82) is 0 Å². The van der Waals surface area contributed by atoms with Crippen LogP contribution in [0, 0.1) is 0 Å². The number of pyridine rings is 1. The number of benzene rings is 2. The number of hydrogen-bond acceptors (Lipinski definition) is 4. The molecule has 0 aliphatic carbocycles. The average molecular weight is 369 g/mol. The van der Waals surface area contributed by atoms with E-state index in [9.17, 15) is 0 Å². The zero-order chi connectivity index (χ0) is 19.1. The quantitative estimate of drug-likeness (QED) is 0.501. The van der Waals surface area contributed by atoms with Crippen molar-refractivity contribution in [3.05, 3.63) is 72.8 Å². The van der Waals surface area contributed by atoms with Crippen molar-refractivity contribution in [2.75, 3.05) is 0 Å². The van der Waals surface area contributed by atoms with Crippen molar-refractivity contribution in [2.24, 2.45) is 7.05 Å². The number of nitrogens with one attached hydrogen (secondary N) is 1. The maximum Gasteiger partial charge on any atom is 0.122 e. The van der Waals surface area contributed by atoms with E-state index in [1.165, 1.54) is 0 Å². The normalized spacial score (nSPS) is 12.5. The summed E-state index contributed by atoms with van der Waals surface area (Å²) in [6.07, 6.45) is 7.36. The van der Waals surface area contributed by atoms with E-state index in [1.54, 1.807) is 4.68 Å². The summed E-state index contributed by atoms with van der Waals surface area (Å²) in [5.74, 6) is 0.803. The molecule has 3 aromatic heterocycles. The highest BCUT2D eigenvalue weighted by molar-refractivity contribution is 5.93. The number of aromatic nitrogens is 5. The SMILES string of the molecule is CC(Oc1ccc2[nH]nc(-c3cnn(C)c3)c2c1)c1cccc2cnccc12. The lowest BCUT2D eigenvalue weighted by atomic mass is 10.0. The molecule has 0 aliphatic rings. The van der Waals surface area contributed by atoms with Gasteiger partial charge in [-0.1, -0.05) is 18.2 Å². The van der Waals surface area contributed by atoms with Gasteiger partial charge in [0.1, 0.15) is 17.5 Å². The molecule has 3 heterocycles. The molecule has 2 aromatic carbocycles. The van der Waals surface area contributed by atoms with E-state index in [0.29, 0.717) is 0 Å². The Morgan fingerprint density at radius 1 is 1.07 bits per heavy atom. The molecule has 0 saturated heterocycles. The van der Waals surface area contributed by atoms with Crippen molar-refractivity contribution >= 4 is 21.7 Å². The summed E-state index contributed by atoms with van der Waals surface area (Å²) in [6.45, 7) is 2.07. The molecule has 0 saturated carbocycles. The van der Waals surface area contributed by atoms with Gasteiger partial charge in [0.25, 0.3) is 0 Å². The summed E-state index contributed by atoms with van der Waals surface area (Å²) < 4.78 is 8.07. The van der Waals surface area contributed by atoms with Gasteiger partial charge in [-0.25, -0.2) is 0 Å². The van der Waals surface area contributed by atoms with Gasteiger partial charge in [0.2, 0.25) is 0 Å². The minimum atomic E-state index is -0.0997. The molecule has 0 aliphatic heterocycles. The number of aromatic amines is 1. The fraction of sp³-hybridized carbons (Fsp3) is 0.136. The topological polar surface area (TPSA) is 68.6 Å². The summed E-state index contributed by atoms with van der Waals surface area (Å²) in [6, 6.07) is 14.2. The van der Waals surface area contributed by atoms with Gasteiger partial charge in [-0.15, -0.1) is 0 Å². The van der Waals surface area contributed by atoms with Crippen LogP contribution in [0.15, 0.2) is 67.3 Å².